The number of carbonyl (C=O) groups excluding carboxylic acids is 2. The van der Waals surface area contributed by atoms with Crippen molar-refractivity contribution in [2.75, 3.05) is 0 Å². The Hall–Kier alpha value is -3.11. The molecule has 0 saturated heterocycles. The summed E-state index contributed by atoms with van der Waals surface area (Å²) in [6.07, 6.45) is 0.611. The number of rotatable bonds is 7. The van der Waals surface area contributed by atoms with Crippen LogP contribution in [-0.4, -0.2) is 12.3 Å². The first-order valence-corrected chi connectivity index (χ1v) is 8.71. The van der Waals surface area contributed by atoms with Crippen molar-refractivity contribution in [3.05, 3.63) is 100 Å². The largest absolute Gasteiger partial charge is 0.487 e. The van der Waals surface area contributed by atoms with Crippen molar-refractivity contribution >= 4 is 23.9 Å². The molecule has 5 heteroatoms. The Balaban J connectivity index is 1.72. The van der Waals surface area contributed by atoms with Crippen LogP contribution in [0.25, 0.3) is 0 Å². The molecule has 0 bridgehead atoms. The molecule has 0 N–H and O–H groups in total. The fraction of sp³-hybridized carbons (Fsp3) is 0.0909. The number of esters is 1. The van der Waals surface area contributed by atoms with E-state index in [0.29, 0.717) is 6.29 Å². The Morgan fingerprint density at radius 3 is 2.07 bits per heavy atom. The Morgan fingerprint density at radius 2 is 1.48 bits per heavy atom. The summed E-state index contributed by atoms with van der Waals surface area (Å²) in [4.78, 5) is 23.7. The number of hydrogen-bond acceptors (Lipinski definition) is 4. The van der Waals surface area contributed by atoms with Crippen LogP contribution >= 0.6 is 11.6 Å². The zero-order valence-corrected chi connectivity index (χ0v) is 15.2. The minimum absolute atomic E-state index is 0.139. The van der Waals surface area contributed by atoms with Gasteiger partial charge in [-0.05, 0) is 23.3 Å². The van der Waals surface area contributed by atoms with Gasteiger partial charge < -0.3 is 9.47 Å². The molecular weight excluding hydrogens is 364 g/mol. The number of benzene rings is 3. The van der Waals surface area contributed by atoms with E-state index >= 15 is 0 Å². The highest BCUT2D eigenvalue weighted by Gasteiger charge is 2.16. The minimum Gasteiger partial charge on any atom is -0.487 e. The van der Waals surface area contributed by atoms with E-state index in [1.807, 2.05) is 60.7 Å². The molecule has 3 aromatic rings. The molecule has 3 rings (SSSR count). The minimum atomic E-state index is -0.557. The zero-order chi connectivity index (χ0) is 19.1. The maximum Gasteiger partial charge on any atom is 0.338 e. The van der Waals surface area contributed by atoms with Crippen molar-refractivity contribution in [2.45, 2.75) is 13.2 Å². The van der Waals surface area contributed by atoms with Gasteiger partial charge in [0.1, 0.15) is 19.0 Å². The summed E-state index contributed by atoms with van der Waals surface area (Å²) in [7, 11) is 0. The van der Waals surface area contributed by atoms with Gasteiger partial charge in [-0.25, -0.2) is 4.79 Å². The van der Waals surface area contributed by atoms with Gasteiger partial charge in [0.2, 0.25) is 0 Å². The van der Waals surface area contributed by atoms with E-state index in [-0.39, 0.29) is 35.1 Å². The predicted molar refractivity (Wildman–Crippen MR) is 103 cm³/mol. The monoisotopic (exact) mass is 380 g/mol. The second kappa shape index (κ2) is 9.01. The van der Waals surface area contributed by atoms with Crippen LogP contribution in [0.1, 0.15) is 31.8 Å². The standard InChI is InChI=1S/C22H17ClO4/c23-20-12-18(22(25)27-15-17-9-5-2-6-10-17)11-19(13-24)21(20)26-14-16-7-3-1-4-8-16/h1-13H,14-15H2. The van der Waals surface area contributed by atoms with Crippen molar-refractivity contribution in [3.63, 3.8) is 0 Å². The Labute approximate surface area is 162 Å². The van der Waals surface area contributed by atoms with Crippen LogP contribution in [0.4, 0.5) is 0 Å². The molecule has 4 nitrogen and oxygen atoms in total. The Morgan fingerprint density at radius 1 is 0.889 bits per heavy atom. The van der Waals surface area contributed by atoms with E-state index in [0.717, 1.165) is 11.1 Å². The summed E-state index contributed by atoms with van der Waals surface area (Å²) in [5.41, 5.74) is 2.21. The van der Waals surface area contributed by atoms with Crippen LogP contribution in [0.2, 0.25) is 5.02 Å². The average molecular weight is 381 g/mol. The van der Waals surface area contributed by atoms with Gasteiger partial charge >= 0.3 is 5.97 Å². The van der Waals surface area contributed by atoms with Gasteiger partial charge in [-0.3, -0.25) is 4.79 Å². The molecule has 0 aliphatic rings. The number of halogens is 1. The van der Waals surface area contributed by atoms with Gasteiger partial charge in [-0.15, -0.1) is 0 Å². The lowest BCUT2D eigenvalue weighted by Gasteiger charge is -2.12. The molecule has 0 atom stereocenters. The normalized spacial score (nSPS) is 10.3. The molecule has 0 fully saturated rings. The SMILES string of the molecule is O=Cc1cc(C(=O)OCc2ccccc2)cc(Cl)c1OCc1ccccc1. The second-order valence-electron chi connectivity index (χ2n) is 5.83. The first-order chi connectivity index (χ1) is 13.2. The first kappa shape index (κ1) is 18.7. The fourth-order valence-corrected chi connectivity index (χ4v) is 2.79. The lowest BCUT2D eigenvalue weighted by Crippen LogP contribution is -2.07. The smallest absolute Gasteiger partial charge is 0.338 e. The topological polar surface area (TPSA) is 52.6 Å². The highest BCUT2D eigenvalue weighted by molar-refractivity contribution is 6.33. The quantitative estimate of drug-likeness (QED) is 0.423. The average Bonchev–Trinajstić information content (AvgIpc) is 2.72. The van der Waals surface area contributed by atoms with E-state index in [9.17, 15) is 9.59 Å². The molecule has 3 aromatic carbocycles. The van der Waals surface area contributed by atoms with E-state index in [4.69, 9.17) is 21.1 Å². The summed E-state index contributed by atoms with van der Waals surface area (Å²) in [6.45, 7) is 0.402. The lowest BCUT2D eigenvalue weighted by atomic mass is 10.1. The molecule has 0 spiro atoms. The summed E-state index contributed by atoms with van der Waals surface area (Å²) >= 11 is 6.25. The van der Waals surface area contributed by atoms with Gasteiger partial charge in [0.25, 0.3) is 0 Å². The third-order valence-electron chi connectivity index (χ3n) is 3.87. The Bertz CT molecular complexity index is 924. The molecule has 0 amide bonds. The van der Waals surface area contributed by atoms with Crippen LogP contribution in [0.3, 0.4) is 0 Å². The van der Waals surface area contributed by atoms with Crippen LogP contribution < -0.4 is 4.74 Å². The summed E-state index contributed by atoms with van der Waals surface area (Å²) in [5.74, 6) is -0.311. The molecular formula is C22H17ClO4. The number of aldehydes is 1. The summed E-state index contributed by atoms with van der Waals surface area (Å²) in [5, 5.41) is 0.183. The Kier molecular flexibility index (Phi) is 6.23. The van der Waals surface area contributed by atoms with Crippen molar-refractivity contribution in [2.24, 2.45) is 0 Å². The summed E-state index contributed by atoms with van der Waals surface area (Å²) < 4.78 is 11.0. The molecule has 0 unspecified atom stereocenters. The van der Waals surface area contributed by atoms with Crippen molar-refractivity contribution < 1.29 is 19.1 Å². The highest BCUT2D eigenvalue weighted by Crippen LogP contribution is 2.30. The molecule has 0 aliphatic carbocycles. The predicted octanol–water partition coefficient (Wildman–Crippen LogP) is 5.09. The van der Waals surface area contributed by atoms with Crippen LogP contribution in [-0.2, 0) is 18.0 Å². The number of ether oxygens (including phenoxy) is 2. The second-order valence-corrected chi connectivity index (χ2v) is 6.24. The van der Waals surface area contributed by atoms with E-state index in [2.05, 4.69) is 0 Å². The van der Waals surface area contributed by atoms with Gasteiger partial charge in [-0.2, -0.15) is 0 Å². The third kappa shape index (κ3) is 4.96. The van der Waals surface area contributed by atoms with Crippen LogP contribution in [0, 0.1) is 0 Å². The van der Waals surface area contributed by atoms with Crippen LogP contribution in [0.5, 0.6) is 5.75 Å². The van der Waals surface area contributed by atoms with Gasteiger partial charge in [0.15, 0.2) is 6.29 Å². The van der Waals surface area contributed by atoms with E-state index < -0.39 is 5.97 Å². The van der Waals surface area contributed by atoms with Gasteiger partial charge in [0.05, 0.1) is 16.1 Å². The van der Waals surface area contributed by atoms with Crippen molar-refractivity contribution in [3.8, 4) is 5.75 Å². The third-order valence-corrected chi connectivity index (χ3v) is 4.15. The molecule has 0 aliphatic heterocycles. The van der Waals surface area contributed by atoms with E-state index in [1.54, 1.807) is 0 Å². The zero-order valence-electron chi connectivity index (χ0n) is 14.4. The van der Waals surface area contributed by atoms with Crippen LogP contribution in [0.15, 0.2) is 72.8 Å². The molecule has 27 heavy (non-hydrogen) atoms. The molecule has 0 heterocycles. The molecule has 0 radical (unpaired) electrons. The van der Waals surface area contributed by atoms with Gasteiger partial charge in [-0.1, -0.05) is 72.3 Å². The van der Waals surface area contributed by atoms with Crippen molar-refractivity contribution in [1.82, 2.24) is 0 Å². The van der Waals surface area contributed by atoms with E-state index in [1.165, 1.54) is 12.1 Å². The fourth-order valence-electron chi connectivity index (χ4n) is 2.51. The maximum absolute atomic E-state index is 12.3. The molecule has 136 valence electrons. The highest BCUT2D eigenvalue weighted by atomic mass is 35.5. The van der Waals surface area contributed by atoms with Crippen molar-refractivity contribution in [1.29, 1.82) is 0 Å². The molecule has 0 saturated carbocycles. The van der Waals surface area contributed by atoms with Gasteiger partial charge in [0, 0.05) is 0 Å². The summed E-state index contributed by atoms with van der Waals surface area (Å²) in [6, 6.07) is 21.7. The molecule has 0 aromatic heterocycles. The first-order valence-electron chi connectivity index (χ1n) is 8.34. The maximum atomic E-state index is 12.3. The number of carbonyl (C=O) groups is 2. The lowest BCUT2D eigenvalue weighted by molar-refractivity contribution is 0.0472. The number of hydrogen-bond donors (Lipinski definition) is 0.